The van der Waals surface area contributed by atoms with Crippen molar-refractivity contribution in [3.63, 3.8) is 0 Å². The van der Waals surface area contributed by atoms with E-state index in [1.54, 1.807) is 23.5 Å². The van der Waals surface area contributed by atoms with Gasteiger partial charge in [0.25, 0.3) is 0 Å². The molecular weight excluding hydrogens is 406 g/mol. The molecular formula is C17H24ClN5O2S2. The van der Waals surface area contributed by atoms with E-state index in [1.807, 2.05) is 13.1 Å². The first-order valence-corrected chi connectivity index (χ1v) is 11.3. The van der Waals surface area contributed by atoms with Gasteiger partial charge in [-0.2, -0.15) is 0 Å². The zero-order valence-electron chi connectivity index (χ0n) is 15.3. The highest BCUT2D eigenvalue weighted by atomic mass is 35.5. The van der Waals surface area contributed by atoms with E-state index >= 15 is 0 Å². The van der Waals surface area contributed by atoms with Gasteiger partial charge in [0.1, 0.15) is 5.01 Å². The van der Waals surface area contributed by atoms with Crippen molar-refractivity contribution in [1.29, 1.82) is 0 Å². The molecule has 0 saturated carbocycles. The Bertz CT molecular complexity index is 868. The van der Waals surface area contributed by atoms with Crippen molar-refractivity contribution in [3.8, 4) is 0 Å². The van der Waals surface area contributed by atoms with Crippen LogP contribution in [0.1, 0.15) is 23.7 Å². The van der Waals surface area contributed by atoms with Crippen LogP contribution in [-0.2, 0) is 23.0 Å². The van der Waals surface area contributed by atoms with E-state index < -0.39 is 10.0 Å². The lowest BCUT2D eigenvalue weighted by atomic mass is 10.4. The molecule has 3 N–H and O–H groups in total. The molecule has 2 rings (SSSR count). The summed E-state index contributed by atoms with van der Waals surface area (Å²) in [5, 5.41) is 7.57. The second-order valence-corrected chi connectivity index (χ2v) is 8.95. The fourth-order valence-corrected chi connectivity index (χ4v) is 4.28. The van der Waals surface area contributed by atoms with Crippen LogP contribution < -0.4 is 15.4 Å². The summed E-state index contributed by atoms with van der Waals surface area (Å²) in [7, 11) is -3.59. The molecule has 10 heteroatoms. The maximum atomic E-state index is 12.2. The van der Waals surface area contributed by atoms with E-state index in [4.69, 9.17) is 11.6 Å². The van der Waals surface area contributed by atoms with Crippen molar-refractivity contribution < 1.29 is 8.42 Å². The number of nitrogens with zero attached hydrogens (tertiary/aromatic N) is 2. The summed E-state index contributed by atoms with van der Waals surface area (Å²) in [6, 6.07) is 6.16. The molecule has 1 heterocycles. The van der Waals surface area contributed by atoms with E-state index in [1.165, 1.54) is 17.0 Å². The summed E-state index contributed by atoms with van der Waals surface area (Å²) < 4.78 is 27.0. The van der Waals surface area contributed by atoms with Crippen LogP contribution in [0, 0.1) is 0 Å². The molecule has 0 radical (unpaired) electrons. The molecule has 0 saturated heterocycles. The summed E-state index contributed by atoms with van der Waals surface area (Å²) >= 11 is 7.50. The highest BCUT2D eigenvalue weighted by molar-refractivity contribution is 7.89. The van der Waals surface area contributed by atoms with Gasteiger partial charge >= 0.3 is 0 Å². The largest absolute Gasteiger partial charge is 0.357 e. The van der Waals surface area contributed by atoms with Gasteiger partial charge in [0.15, 0.2) is 5.96 Å². The fourth-order valence-electron chi connectivity index (χ4n) is 2.16. The average Bonchev–Trinajstić information content (AvgIpc) is 3.11. The number of hydrogen-bond donors (Lipinski definition) is 3. The minimum Gasteiger partial charge on any atom is -0.357 e. The summed E-state index contributed by atoms with van der Waals surface area (Å²) in [5.74, 6) is 0.618. The van der Waals surface area contributed by atoms with Crippen LogP contribution in [0.4, 0.5) is 0 Å². The zero-order valence-corrected chi connectivity index (χ0v) is 17.7. The topological polar surface area (TPSA) is 95.5 Å². The third-order valence-electron chi connectivity index (χ3n) is 3.48. The first-order chi connectivity index (χ1) is 12.9. The maximum Gasteiger partial charge on any atom is 0.240 e. The number of nitrogens with one attached hydrogen (secondary N) is 3. The molecule has 2 aromatic rings. The molecule has 0 aliphatic rings. The Kier molecular flexibility index (Phi) is 8.49. The first-order valence-electron chi connectivity index (χ1n) is 8.65. The third kappa shape index (κ3) is 7.10. The number of hydrogen-bond acceptors (Lipinski definition) is 5. The number of aryl methyl sites for hydroxylation is 1. The van der Waals surface area contributed by atoms with E-state index in [-0.39, 0.29) is 11.4 Å². The number of halogens is 1. The number of aromatic nitrogens is 1. The van der Waals surface area contributed by atoms with Crippen molar-refractivity contribution in [1.82, 2.24) is 20.3 Å². The molecule has 27 heavy (non-hydrogen) atoms. The van der Waals surface area contributed by atoms with Crippen molar-refractivity contribution >= 4 is 38.9 Å². The van der Waals surface area contributed by atoms with Gasteiger partial charge in [-0.05, 0) is 31.5 Å². The second-order valence-electron chi connectivity index (χ2n) is 5.55. The highest BCUT2D eigenvalue weighted by Gasteiger charge is 2.13. The normalized spacial score (nSPS) is 12.2. The summed E-state index contributed by atoms with van der Waals surface area (Å²) in [6.45, 7) is 5.86. The summed E-state index contributed by atoms with van der Waals surface area (Å²) in [4.78, 5) is 10.2. The van der Waals surface area contributed by atoms with Gasteiger partial charge in [-0.1, -0.05) is 24.6 Å². The number of benzene rings is 1. The monoisotopic (exact) mass is 429 g/mol. The molecule has 0 atom stereocenters. The van der Waals surface area contributed by atoms with Gasteiger partial charge in [0.2, 0.25) is 10.0 Å². The molecule has 1 aromatic heterocycles. The van der Waals surface area contributed by atoms with Crippen molar-refractivity contribution in [2.24, 2.45) is 4.99 Å². The van der Waals surface area contributed by atoms with Gasteiger partial charge in [-0.15, -0.1) is 11.3 Å². The highest BCUT2D eigenvalue weighted by Crippen LogP contribution is 2.15. The first kappa shape index (κ1) is 21.6. The maximum absolute atomic E-state index is 12.2. The molecule has 0 unspecified atom stereocenters. The Hall–Kier alpha value is -1.68. The Morgan fingerprint density at radius 1 is 1.26 bits per heavy atom. The molecule has 0 bridgehead atoms. The predicted octanol–water partition coefficient (Wildman–Crippen LogP) is 2.39. The van der Waals surface area contributed by atoms with Crippen LogP contribution >= 0.6 is 22.9 Å². The molecule has 1 aromatic carbocycles. The zero-order chi connectivity index (χ0) is 19.7. The number of guanidine groups is 1. The number of rotatable bonds is 9. The predicted molar refractivity (Wildman–Crippen MR) is 111 cm³/mol. The molecule has 0 aliphatic heterocycles. The summed E-state index contributed by atoms with van der Waals surface area (Å²) in [5.41, 5.74) is 0. The van der Waals surface area contributed by atoms with Crippen molar-refractivity contribution in [3.05, 3.63) is 45.4 Å². The Morgan fingerprint density at radius 3 is 2.74 bits per heavy atom. The lowest BCUT2D eigenvalue weighted by Gasteiger charge is -2.12. The number of thiazole rings is 1. The molecule has 7 nitrogen and oxygen atoms in total. The van der Waals surface area contributed by atoms with Crippen LogP contribution in [0.3, 0.4) is 0 Å². The minimum absolute atomic E-state index is 0.145. The molecule has 0 amide bonds. The van der Waals surface area contributed by atoms with E-state index in [0.29, 0.717) is 30.6 Å². The standard InChI is InChI=1S/C17H24ClN5O2S2/c1-3-14-11-21-16(26-14)12-22-17(19-4-2)20-8-9-23-27(24,25)15-7-5-6-13(18)10-15/h5-7,10-11,23H,3-4,8-9,12H2,1-2H3,(H2,19,20,22). The van der Waals surface area contributed by atoms with Crippen LogP contribution in [0.25, 0.3) is 0 Å². The van der Waals surface area contributed by atoms with Gasteiger partial charge < -0.3 is 10.6 Å². The molecule has 0 spiro atoms. The lowest BCUT2D eigenvalue weighted by Crippen LogP contribution is -2.41. The van der Waals surface area contributed by atoms with Crippen LogP contribution in [0.2, 0.25) is 5.02 Å². The van der Waals surface area contributed by atoms with Crippen molar-refractivity contribution in [2.45, 2.75) is 31.7 Å². The quantitative estimate of drug-likeness (QED) is 0.323. The number of sulfonamides is 1. The van der Waals surface area contributed by atoms with Crippen LogP contribution in [0.5, 0.6) is 0 Å². The van der Waals surface area contributed by atoms with Crippen LogP contribution in [0.15, 0.2) is 40.4 Å². The molecule has 0 fully saturated rings. The Morgan fingerprint density at radius 2 is 2.07 bits per heavy atom. The number of aliphatic imine (C=N–C) groups is 1. The van der Waals surface area contributed by atoms with E-state index in [2.05, 4.69) is 32.3 Å². The summed E-state index contributed by atoms with van der Waals surface area (Å²) in [6.07, 6.45) is 2.84. The van der Waals surface area contributed by atoms with Gasteiger partial charge in [-0.3, -0.25) is 0 Å². The smallest absolute Gasteiger partial charge is 0.240 e. The lowest BCUT2D eigenvalue weighted by molar-refractivity contribution is 0.580. The third-order valence-corrected chi connectivity index (χ3v) is 6.30. The van der Waals surface area contributed by atoms with Crippen molar-refractivity contribution in [2.75, 3.05) is 19.6 Å². The van der Waals surface area contributed by atoms with E-state index in [9.17, 15) is 8.42 Å². The van der Waals surface area contributed by atoms with Crippen LogP contribution in [-0.4, -0.2) is 39.0 Å². The van der Waals surface area contributed by atoms with Gasteiger partial charge in [0, 0.05) is 35.7 Å². The molecule has 0 aliphatic carbocycles. The second kappa shape index (κ2) is 10.6. The molecule has 148 valence electrons. The minimum atomic E-state index is -3.59. The van der Waals surface area contributed by atoms with Gasteiger partial charge in [0.05, 0.1) is 11.4 Å². The van der Waals surface area contributed by atoms with Gasteiger partial charge in [-0.25, -0.2) is 23.1 Å². The Labute approximate surface area is 169 Å². The SMILES string of the molecule is CCNC(=NCc1ncc(CC)s1)NCCNS(=O)(=O)c1cccc(Cl)c1. The van der Waals surface area contributed by atoms with E-state index in [0.717, 1.165) is 11.4 Å². The Balaban J connectivity index is 1.85. The average molecular weight is 430 g/mol. The fraction of sp³-hybridized carbons (Fsp3) is 0.412.